The summed E-state index contributed by atoms with van der Waals surface area (Å²) in [7, 11) is -16.4. The summed E-state index contributed by atoms with van der Waals surface area (Å²) in [4.78, 5) is 88.5. The van der Waals surface area contributed by atoms with Crippen LogP contribution in [0.4, 0.5) is 5.82 Å². The van der Waals surface area contributed by atoms with Gasteiger partial charge in [-0.25, -0.2) is 28.6 Å². The van der Waals surface area contributed by atoms with Crippen LogP contribution in [0.15, 0.2) is 49.1 Å². The number of fused-ring (bicyclic) bond motifs is 1. The molecule has 9 atom stereocenters. The van der Waals surface area contributed by atoms with Gasteiger partial charge in [0.25, 0.3) is 0 Å². The van der Waals surface area contributed by atoms with Gasteiger partial charge in [0.1, 0.15) is 36.3 Å². The van der Waals surface area contributed by atoms with Crippen LogP contribution in [-0.2, 0) is 55.4 Å². The number of phosphoric ester groups is 3. The van der Waals surface area contributed by atoms with Crippen molar-refractivity contribution in [2.45, 2.75) is 134 Å². The number of thioether (sulfide) groups is 1. The number of nitrogens with two attached hydrogens (primary N) is 1. The first-order valence-corrected chi connectivity index (χ1v) is 28.2. The standard InChI is InChI=1S/C41H66N7O18P3S/c1-4-5-6-7-8-9-10-11-14-17-28-29(63-28)18-15-12-13-16-19-32(50)70-23-22-43-31(49)20-21-44-39(53)36(52)41(2,3)25-62-69(59,60)66-68(57,58)61-24-30-35(65-67(54,55)56)34(51)40(64-30)48-27-47-33-37(42)45-26-46-38(33)48/h8-9,11-12,14-15,26-30,34-36,40,51-52H,4-7,10,13,16-25H2,1-3H3,(H,43,49)(H,44,53)(H,57,58)(H,59,60)(H2,42,45,46)(H2,54,55,56)/b9-8-,14-11-,15-12-/t28?,29?,30-,34-,35-,36+,40-/m1/s1. The lowest BCUT2D eigenvalue weighted by atomic mass is 9.87. The Balaban J connectivity index is 1.07. The third-order valence-electron chi connectivity index (χ3n) is 10.7. The quantitative estimate of drug-likeness (QED) is 0.0211. The van der Waals surface area contributed by atoms with E-state index in [4.69, 9.17) is 24.3 Å². The van der Waals surface area contributed by atoms with Crippen molar-refractivity contribution >= 4 is 69.1 Å². The molecule has 70 heavy (non-hydrogen) atoms. The SMILES string of the molecule is CCCCC/C=C\C/C=C\CC1OC1C/C=C\CCCC(=O)SCCNC(=O)CCNC(=O)[C@H](O)C(C)(C)COP(=O)(O)OP(=O)(O)OC[C@H]1O[C@@H](n2cnc3c(N)ncnc32)[C@H](O)[C@@H]1OP(=O)(O)O. The maximum atomic E-state index is 12.8. The van der Waals surface area contributed by atoms with Crippen LogP contribution < -0.4 is 16.4 Å². The van der Waals surface area contributed by atoms with E-state index in [-0.39, 0.29) is 53.8 Å². The van der Waals surface area contributed by atoms with Crippen molar-refractivity contribution in [2.24, 2.45) is 5.41 Å². The number of nitrogens with zero attached hydrogens (tertiary/aromatic N) is 4. The third kappa shape index (κ3) is 20.7. The average Bonchev–Trinajstić information content (AvgIpc) is 3.77. The number of aromatic nitrogens is 4. The molecule has 2 fully saturated rings. The molecule has 2 amide bonds. The van der Waals surface area contributed by atoms with Crippen LogP contribution in [-0.4, -0.2) is 135 Å². The molecule has 0 bridgehead atoms. The predicted octanol–water partition coefficient (Wildman–Crippen LogP) is 4.02. The molecule has 4 rings (SSSR count). The van der Waals surface area contributed by atoms with E-state index >= 15 is 0 Å². The molecule has 394 valence electrons. The van der Waals surface area contributed by atoms with E-state index in [0.29, 0.717) is 18.6 Å². The minimum Gasteiger partial charge on any atom is -0.386 e. The van der Waals surface area contributed by atoms with E-state index < -0.39 is 84.6 Å². The Kier molecular flexibility index (Phi) is 23.9. The number of rotatable bonds is 33. The van der Waals surface area contributed by atoms with E-state index in [1.54, 1.807) is 0 Å². The summed E-state index contributed by atoms with van der Waals surface area (Å²) in [5, 5.41) is 26.6. The summed E-state index contributed by atoms with van der Waals surface area (Å²) < 4.78 is 68.2. The van der Waals surface area contributed by atoms with Gasteiger partial charge in [-0.1, -0.05) is 81.8 Å². The molecule has 0 aliphatic carbocycles. The molecule has 2 aliphatic heterocycles. The maximum absolute atomic E-state index is 12.8. The number of unbranched alkanes of at least 4 members (excludes halogenated alkanes) is 4. The zero-order valence-electron chi connectivity index (χ0n) is 39.2. The number of imidazole rings is 1. The molecule has 2 aliphatic rings. The molecule has 0 radical (unpaired) electrons. The van der Waals surface area contributed by atoms with Crippen molar-refractivity contribution < 1.29 is 85.2 Å². The Morgan fingerprint density at radius 1 is 0.886 bits per heavy atom. The van der Waals surface area contributed by atoms with Crippen LogP contribution in [0.2, 0.25) is 0 Å². The second-order valence-corrected chi connectivity index (χ2v) is 22.4. The Morgan fingerprint density at radius 3 is 2.27 bits per heavy atom. The van der Waals surface area contributed by atoms with Crippen molar-refractivity contribution in [3.05, 3.63) is 49.1 Å². The number of hydrogen-bond donors (Lipinski definition) is 9. The predicted molar refractivity (Wildman–Crippen MR) is 255 cm³/mol. The summed E-state index contributed by atoms with van der Waals surface area (Å²) in [5.74, 6) is -1.10. The number of carbonyl (C=O) groups excluding carboxylic acids is 3. The van der Waals surface area contributed by atoms with Crippen LogP contribution in [0, 0.1) is 5.41 Å². The number of epoxide rings is 1. The number of nitrogens with one attached hydrogen (secondary N) is 2. The van der Waals surface area contributed by atoms with Gasteiger partial charge in [0, 0.05) is 37.1 Å². The van der Waals surface area contributed by atoms with Gasteiger partial charge in [-0.3, -0.25) is 32.5 Å². The largest absolute Gasteiger partial charge is 0.481 e. The smallest absolute Gasteiger partial charge is 0.386 e. The summed E-state index contributed by atoms with van der Waals surface area (Å²) in [5.41, 5.74) is 4.27. The Morgan fingerprint density at radius 2 is 1.56 bits per heavy atom. The normalized spacial score (nSPS) is 23.0. The second-order valence-electron chi connectivity index (χ2n) is 17.0. The van der Waals surface area contributed by atoms with Crippen LogP contribution >= 0.6 is 35.2 Å². The molecule has 4 heterocycles. The Bertz CT molecular complexity index is 2260. The van der Waals surface area contributed by atoms with Gasteiger partial charge in [0.2, 0.25) is 11.8 Å². The topological polar surface area (TPSA) is 376 Å². The Hall–Kier alpha value is -3.26. The van der Waals surface area contributed by atoms with Gasteiger partial charge in [0.15, 0.2) is 22.8 Å². The lowest BCUT2D eigenvalue weighted by molar-refractivity contribution is -0.137. The summed E-state index contributed by atoms with van der Waals surface area (Å²) >= 11 is 1.11. The van der Waals surface area contributed by atoms with E-state index in [0.717, 1.165) is 61.1 Å². The van der Waals surface area contributed by atoms with Gasteiger partial charge < -0.3 is 55.6 Å². The lowest BCUT2D eigenvalue weighted by Crippen LogP contribution is -2.46. The van der Waals surface area contributed by atoms with Crippen LogP contribution in [0.3, 0.4) is 0 Å². The molecular formula is C41H66N7O18P3S. The fourth-order valence-corrected chi connectivity index (χ4v) is 10.4. The molecule has 2 aromatic heterocycles. The van der Waals surface area contributed by atoms with E-state index in [2.05, 4.69) is 77.8 Å². The van der Waals surface area contributed by atoms with Crippen LogP contribution in [0.1, 0.15) is 97.6 Å². The number of allylic oxidation sites excluding steroid dienone is 4. The molecule has 29 heteroatoms. The average molecular weight is 1070 g/mol. The maximum Gasteiger partial charge on any atom is 0.481 e. The highest BCUT2D eigenvalue weighted by Gasteiger charge is 2.50. The van der Waals surface area contributed by atoms with Crippen molar-refractivity contribution in [2.75, 3.05) is 37.8 Å². The highest BCUT2D eigenvalue weighted by molar-refractivity contribution is 8.13. The van der Waals surface area contributed by atoms with Crippen molar-refractivity contribution in [3.8, 4) is 0 Å². The number of ether oxygens (including phenoxy) is 2. The van der Waals surface area contributed by atoms with Crippen LogP contribution in [0.25, 0.3) is 11.2 Å². The number of carbonyl (C=O) groups is 3. The first-order chi connectivity index (χ1) is 33.0. The van der Waals surface area contributed by atoms with Crippen molar-refractivity contribution in [3.63, 3.8) is 0 Å². The molecule has 2 aromatic rings. The number of aliphatic hydroxyl groups is 2. The van der Waals surface area contributed by atoms with Gasteiger partial charge in [-0.15, -0.1) is 0 Å². The van der Waals surface area contributed by atoms with E-state index in [1.165, 1.54) is 33.1 Å². The van der Waals surface area contributed by atoms with E-state index in [1.807, 2.05) is 0 Å². The molecule has 0 saturated carbocycles. The molecule has 0 spiro atoms. The number of amides is 2. The molecule has 2 saturated heterocycles. The van der Waals surface area contributed by atoms with Crippen LogP contribution in [0.5, 0.6) is 0 Å². The highest BCUT2D eigenvalue weighted by Crippen LogP contribution is 2.61. The minimum atomic E-state index is -5.58. The Labute approximate surface area is 409 Å². The minimum absolute atomic E-state index is 0.00719. The molecule has 4 unspecified atom stereocenters. The summed E-state index contributed by atoms with van der Waals surface area (Å²) in [6.07, 6.45) is 16.0. The first-order valence-electron chi connectivity index (χ1n) is 22.7. The molecule has 25 nitrogen and oxygen atoms in total. The van der Waals surface area contributed by atoms with Gasteiger partial charge in [-0.2, -0.15) is 4.31 Å². The molecular weight excluding hydrogens is 1000 g/mol. The van der Waals surface area contributed by atoms with Crippen molar-refractivity contribution in [1.82, 2.24) is 30.2 Å². The highest BCUT2D eigenvalue weighted by atomic mass is 32.2. The zero-order chi connectivity index (χ0) is 51.5. The third-order valence-corrected chi connectivity index (χ3v) is 14.7. The fourth-order valence-electron chi connectivity index (χ4n) is 6.80. The van der Waals surface area contributed by atoms with Gasteiger partial charge in [-0.05, 0) is 44.9 Å². The number of aliphatic hydroxyl groups excluding tert-OH is 2. The van der Waals surface area contributed by atoms with Crippen molar-refractivity contribution in [1.29, 1.82) is 0 Å². The number of nitrogen functional groups attached to an aromatic ring is 1. The number of phosphoric acid groups is 3. The number of hydrogen-bond acceptors (Lipinski definition) is 19. The monoisotopic (exact) mass is 1070 g/mol. The number of anilines is 1. The first kappa shape index (κ1) is 59.3. The molecule has 10 N–H and O–H groups in total. The zero-order valence-corrected chi connectivity index (χ0v) is 42.7. The summed E-state index contributed by atoms with van der Waals surface area (Å²) in [6, 6.07) is 0. The van der Waals surface area contributed by atoms with Gasteiger partial charge in [0.05, 0.1) is 31.7 Å². The summed E-state index contributed by atoms with van der Waals surface area (Å²) in [6.45, 7) is 2.70. The second kappa shape index (κ2) is 28.3. The fraction of sp³-hybridized carbons (Fsp3) is 0.659. The van der Waals surface area contributed by atoms with Gasteiger partial charge >= 0.3 is 23.5 Å². The lowest BCUT2D eigenvalue weighted by Gasteiger charge is -2.30. The molecule has 0 aromatic carbocycles. The van der Waals surface area contributed by atoms with E-state index in [9.17, 15) is 57.9 Å².